The summed E-state index contributed by atoms with van der Waals surface area (Å²) in [4.78, 5) is 15.2. The summed E-state index contributed by atoms with van der Waals surface area (Å²) in [7, 11) is 1.53. The smallest absolute Gasteiger partial charge is 0.371 e. The molecule has 0 atom stereocenters. The van der Waals surface area contributed by atoms with Crippen molar-refractivity contribution < 1.29 is 23.8 Å². The lowest BCUT2D eigenvalue weighted by Gasteiger charge is -2.10. The van der Waals surface area contributed by atoms with Gasteiger partial charge in [0.15, 0.2) is 11.5 Å². The van der Waals surface area contributed by atoms with Gasteiger partial charge in [-0.05, 0) is 70.0 Å². The molecular formula is C20H15BrClNO5. The molecule has 3 aromatic rings. The molecule has 0 spiro atoms. The molecule has 0 fully saturated rings. The minimum atomic E-state index is -1.13. The lowest BCUT2D eigenvalue weighted by molar-refractivity contribution is 0.0658. The fourth-order valence-electron chi connectivity index (χ4n) is 2.32. The molecule has 1 aromatic heterocycles. The molecule has 3 rings (SSSR count). The van der Waals surface area contributed by atoms with E-state index in [4.69, 9.17) is 30.6 Å². The first-order valence-electron chi connectivity index (χ1n) is 8.08. The highest BCUT2D eigenvalue weighted by atomic mass is 79.9. The molecule has 0 radical (unpaired) electrons. The molecule has 0 unspecified atom stereocenters. The van der Waals surface area contributed by atoms with Crippen LogP contribution in [-0.4, -0.2) is 24.4 Å². The first-order valence-corrected chi connectivity index (χ1v) is 9.25. The maximum absolute atomic E-state index is 10.8. The number of rotatable bonds is 7. The lowest BCUT2D eigenvalue weighted by atomic mass is 10.2. The number of hydrogen-bond donors (Lipinski definition) is 1. The summed E-state index contributed by atoms with van der Waals surface area (Å²) in [5.74, 6) is 0.157. The Labute approximate surface area is 174 Å². The van der Waals surface area contributed by atoms with E-state index in [1.807, 2.05) is 18.2 Å². The Balaban J connectivity index is 1.71. The van der Waals surface area contributed by atoms with Gasteiger partial charge in [0, 0.05) is 10.7 Å². The summed E-state index contributed by atoms with van der Waals surface area (Å²) in [6.07, 6.45) is 1.69. The van der Waals surface area contributed by atoms with Gasteiger partial charge in [0.25, 0.3) is 0 Å². The number of ether oxygens (including phenoxy) is 2. The SMILES string of the molecule is COc1cc(C=Nc2ccc(Br)c(Cl)c2)ccc1OCc1ccc(C(=O)O)o1. The maximum Gasteiger partial charge on any atom is 0.371 e. The van der Waals surface area contributed by atoms with Crippen LogP contribution in [0, 0.1) is 0 Å². The number of aromatic carboxylic acids is 1. The summed E-state index contributed by atoms with van der Waals surface area (Å²) in [6.45, 7) is 0.0778. The van der Waals surface area contributed by atoms with Crippen molar-refractivity contribution in [1.29, 1.82) is 0 Å². The van der Waals surface area contributed by atoms with Crippen LogP contribution in [0.25, 0.3) is 0 Å². The fourth-order valence-corrected chi connectivity index (χ4v) is 2.74. The van der Waals surface area contributed by atoms with Crippen molar-refractivity contribution in [2.24, 2.45) is 4.99 Å². The number of carboxylic acids is 1. The molecule has 0 saturated heterocycles. The minimum absolute atomic E-state index is 0.0778. The van der Waals surface area contributed by atoms with E-state index in [9.17, 15) is 4.79 Å². The second-order valence-corrected chi connectivity index (χ2v) is 6.89. The highest BCUT2D eigenvalue weighted by Crippen LogP contribution is 2.30. The first kappa shape index (κ1) is 20.0. The van der Waals surface area contributed by atoms with Gasteiger partial charge in [-0.15, -0.1) is 0 Å². The molecule has 0 saturated carbocycles. The van der Waals surface area contributed by atoms with Crippen LogP contribution in [0.1, 0.15) is 21.9 Å². The van der Waals surface area contributed by atoms with E-state index < -0.39 is 5.97 Å². The number of furan rings is 1. The Bertz CT molecular complexity index is 1030. The molecule has 0 aliphatic rings. The standard InChI is InChI=1S/C20H15BrClNO5/c1-26-19-8-12(10-23-13-3-5-15(21)16(22)9-13)2-6-17(19)27-11-14-4-7-18(28-14)20(24)25/h2-10H,11H2,1H3,(H,24,25). The zero-order valence-electron chi connectivity index (χ0n) is 14.7. The Morgan fingerprint density at radius 1 is 1.21 bits per heavy atom. The first-order chi connectivity index (χ1) is 13.5. The number of benzene rings is 2. The summed E-state index contributed by atoms with van der Waals surface area (Å²) < 4.78 is 17.0. The summed E-state index contributed by atoms with van der Waals surface area (Å²) in [5.41, 5.74) is 1.54. The summed E-state index contributed by atoms with van der Waals surface area (Å²) in [6, 6.07) is 13.7. The monoisotopic (exact) mass is 463 g/mol. The highest BCUT2D eigenvalue weighted by molar-refractivity contribution is 9.10. The maximum atomic E-state index is 10.8. The zero-order chi connectivity index (χ0) is 20.1. The molecule has 8 heteroatoms. The predicted molar refractivity (Wildman–Crippen MR) is 109 cm³/mol. The van der Waals surface area contributed by atoms with Gasteiger partial charge in [0.05, 0.1) is 17.8 Å². The fraction of sp³-hybridized carbons (Fsp3) is 0.100. The third kappa shape index (κ3) is 4.94. The molecular weight excluding hydrogens is 450 g/mol. The van der Waals surface area contributed by atoms with Gasteiger partial charge >= 0.3 is 5.97 Å². The Morgan fingerprint density at radius 2 is 2.04 bits per heavy atom. The van der Waals surface area contributed by atoms with E-state index in [2.05, 4.69) is 20.9 Å². The molecule has 0 bridgehead atoms. The van der Waals surface area contributed by atoms with Crippen LogP contribution in [0.5, 0.6) is 11.5 Å². The van der Waals surface area contributed by atoms with Crippen LogP contribution < -0.4 is 9.47 Å². The molecule has 6 nitrogen and oxygen atoms in total. The van der Waals surface area contributed by atoms with E-state index >= 15 is 0 Å². The van der Waals surface area contributed by atoms with Gasteiger partial charge in [-0.3, -0.25) is 4.99 Å². The normalized spacial score (nSPS) is 11.0. The van der Waals surface area contributed by atoms with Crippen LogP contribution in [0.15, 0.2) is 62.4 Å². The molecule has 144 valence electrons. The molecule has 0 amide bonds. The van der Waals surface area contributed by atoms with Crippen LogP contribution in [-0.2, 0) is 6.61 Å². The molecule has 0 aliphatic carbocycles. The second-order valence-electron chi connectivity index (χ2n) is 5.63. The van der Waals surface area contributed by atoms with E-state index in [0.717, 1.165) is 15.7 Å². The Morgan fingerprint density at radius 3 is 2.71 bits per heavy atom. The second kappa shape index (κ2) is 8.95. The predicted octanol–water partition coefficient (Wildman–Crippen LogP) is 5.73. The van der Waals surface area contributed by atoms with Crippen molar-refractivity contribution in [3.05, 3.63) is 75.1 Å². The molecule has 28 heavy (non-hydrogen) atoms. The van der Waals surface area contributed by atoms with Crippen molar-refractivity contribution in [3.63, 3.8) is 0 Å². The van der Waals surface area contributed by atoms with Gasteiger partial charge < -0.3 is 19.0 Å². The van der Waals surface area contributed by atoms with E-state index in [1.54, 1.807) is 30.5 Å². The molecule has 0 aliphatic heterocycles. The topological polar surface area (TPSA) is 81.3 Å². The quantitative estimate of drug-likeness (QED) is 0.451. The number of carboxylic acid groups (broad SMARTS) is 1. The van der Waals surface area contributed by atoms with Gasteiger partial charge in [-0.25, -0.2) is 4.79 Å². The number of nitrogens with zero attached hydrogens (tertiary/aromatic N) is 1. The third-order valence-electron chi connectivity index (χ3n) is 3.70. The summed E-state index contributed by atoms with van der Waals surface area (Å²) >= 11 is 9.41. The van der Waals surface area contributed by atoms with Gasteiger partial charge in [0.2, 0.25) is 5.76 Å². The zero-order valence-corrected chi connectivity index (χ0v) is 17.0. The third-order valence-corrected chi connectivity index (χ3v) is 4.93. The largest absolute Gasteiger partial charge is 0.493 e. The van der Waals surface area contributed by atoms with Crippen molar-refractivity contribution in [1.82, 2.24) is 0 Å². The minimum Gasteiger partial charge on any atom is -0.493 e. The van der Waals surface area contributed by atoms with Crippen molar-refractivity contribution in [2.45, 2.75) is 6.61 Å². The van der Waals surface area contributed by atoms with Crippen molar-refractivity contribution in [2.75, 3.05) is 7.11 Å². The van der Waals surface area contributed by atoms with Crippen LogP contribution in [0.3, 0.4) is 0 Å². The van der Waals surface area contributed by atoms with Crippen LogP contribution >= 0.6 is 27.5 Å². The average Bonchev–Trinajstić information content (AvgIpc) is 3.17. The van der Waals surface area contributed by atoms with Gasteiger partial charge in [-0.1, -0.05) is 11.6 Å². The number of halogens is 2. The van der Waals surface area contributed by atoms with Crippen molar-refractivity contribution in [3.8, 4) is 11.5 Å². The van der Waals surface area contributed by atoms with Gasteiger partial charge in [-0.2, -0.15) is 0 Å². The molecule has 2 aromatic carbocycles. The van der Waals surface area contributed by atoms with E-state index in [1.165, 1.54) is 13.2 Å². The average molecular weight is 465 g/mol. The number of hydrogen-bond acceptors (Lipinski definition) is 5. The molecule has 1 N–H and O–H groups in total. The van der Waals surface area contributed by atoms with E-state index in [0.29, 0.717) is 22.3 Å². The van der Waals surface area contributed by atoms with E-state index in [-0.39, 0.29) is 12.4 Å². The number of methoxy groups -OCH3 is 1. The summed E-state index contributed by atoms with van der Waals surface area (Å²) in [5, 5.41) is 9.46. The number of carbonyl (C=O) groups is 1. The lowest BCUT2D eigenvalue weighted by Crippen LogP contribution is -1.98. The van der Waals surface area contributed by atoms with Crippen LogP contribution in [0.2, 0.25) is 5.02 Å². The number of aliphatic imine (C=N–C) groups is 1. The Kier molecular flexibility index (Phi) is 6.38. The highest BCUT2D eigenvalue weighted by Gasteiger charge is 2.11. The Hall–Kier alpha value is -2.77. The molecule has 1 heterocycles. The van der Waals surface area contributed by atoms with Crippen LogP contribution in [0.4, 0.5) is 5.69 Å². The van der Waals surface area contributed by atoms with Gasteiger partial charge in [0.1, 0.15) is 12.4 Å². The van der Waals surface area contributed by atoms with Crippen molar-refractivity contribution >= 4 is 45.4 Å².